The Kier molecular flexibility index (Phi) is 5.45. The van der Waals surface area contributed by atoms with Gasteiger partial charge in [0, 0.05) is 0 Å². The van der Waals surface area contributed by atoms with Crippen LogP contribution in [0, 0.1) is 12.8 Å². The maximum Gasteiger partial charge on any atom is -0.0253 e. The Bertz CT molecular complexity index is 220. The lowest BCUT2D eigenvalue weighted by atomic mass is 9.98. The van der Waals surface area contributed by atoms with Crippen LogP contribution in [0.5, 0.6) is 0 Å². The van der Waals surface area contributed by atoms with Crippen LogP contribution >= 0.6 is 0 Å². The van der Waals surface area contributed by atoms with Gasteiger partial charge in [-0.15, -0.1) is 0 Å². The van der Waals surface area contributed by atoms with Crippen molar-refractivity contribution >= 4 is 0 Å². The molecule has 0 fully saturated rings. The molecule has 0 heteroatoms. The summed E-state index contributed by atoms with van der Waals surface area (Å²) in [6.45, 7) is 6.69. The van der Waals surface area contributed by atoms with Gasteiger partial charge < -0.3 is 0 Å². The molecule has 0 spiro atoms. The monoisotopic (exact) mass is 178 g/mol. The van der Waals surface area contributed by atoms with Crippen LogP contribution in [0.2, 0.25) is 0 Å². The van der Waals surface area contributed by atoms with Crippen LogP contribution in [0.25, 0.3) is 0 Å². The van der Waals surface area contributed by atoms with Gasteiger partial charge in [0.25, 0.3) is 0 Å². The first kappa shape index (κ1) is 12.2. The molecule has 1 aromatic carbocycles. The second-order valence-electron chi connectivity index (χ2n) is 3.70. The molecule has 1 rings (SSSR count). The van der Waals surface area contributed by atoms with E-state index < -0.39 is 0 Å². The zero-order valence-corrected chi connectivity index (χ0v) is 8.30. The van der Waals surface area contributed by atoms with Gasteiger partial charge >= 0.3 is 0 Å². The zero-order valence-electron chi connectivity index (χ0n) is 8.30. The van der Waals surface area contributed by atoms with E-state index in [2.05, 4.69) is 45.0 Å². The molecule has 0 radical (unpaired) electrons. The van der Waals surface area contributed by atoms with Crippen molar-refractivity contribution in [2.24, 2.45) is 5.92 Å². The number of rotatable bonds is 3. The zero-order chi connectivity index (χ0) is 8.97. The minimum absolute atomic E-state index is 0. The second kappa shape index (κ2) is 5.80. The largest absolute Gasteiger partial charge is 0.0776 e. The van der Waals surface area contributed by atoms with Crippen molar-refractivity contribution in [3.8, 4) is 0 Å². The standard InChI is InChI=1S/C12H18.CH4/c1-4-10(2)9-12-7-5-11(3)6-8-12;/h5-8,10H,4,9H2,1-3H3;1H4. The molecule has 1 unspecified atom stereocenters. The molecule has 0 aliphatic heterocycles. The SMILES string of the molecule is C.CCC(C)Cc1ccc(C)cc1. The first-order valence-electron chi connectivity index (χ1n) is 4.78. The third-order valence-corrected chi connectivity index (χ3v) is 2.40. The fourth-order valence-corrected chi connectivity index (χ4v) is 1.27. The molecule has 74 valence electrons. The van der Waals surface area contributed by atoms with E-state index in [0.717, 1.165) is 5.92 Å². The van der Waals surface area contributed by atoms with E-state index in [1.165, 1.54) is 24.0 Å². The van der Waals surface area contributed by atoms with Gasteiger partial charge in [0.2, 0.25) is 0 Å². The Morgan fingerprint density at radius 1 is 1.15 bits per heavy atom. The lowest BCUT2D eigenvalue weighted by Gasteiger charge is -2.07. The minimum atomic E-state index is 0. The molecule has 0 N–H and O–H groups in total. The third-order valence-electron chi connectivity index (χ3n) is 2.40. The summed E-state index contributed by atoms with van der Waals surface area (Å²) in [4.78, 5) is 0. The Morgan fingerprint density at radius 3 is 2.15 bits per heavy atom. The van der Waals surface area contributed by atoms with Crippen LogP contribution in [-0.2, 0) is 6.42 Å². The highest BCUT2D eigenvalue weighted by molar-refractivity contribution is 5.21. The molecular formula is C13H22. The van der Waals surface area contributed by atoms with Crippen molar-refractivity contribution in [3.05, 3.63) is 35.4 Å². The van der Waals surface area contributed by atoms with Crippen LogP contribution in [0.1, 0.15) is 38.8 Å². The normalized spacial score (nSPS) is 11.9. The Hall–Kier alpha value is -0.780. The van der Waals surface area contributed by atoms with Gasteiger partial charge in [-0.1, -0.05) is 57.5 Å². The van der Waals surface area contributed by atoms with E-state index in [1.807, 2.05) is 0 Å². The summed E-state index contributed by atoms with van der Waals surface area (Å²) in [6.07, 6.45) is 2.49. The van der Waals surface area contributed by atoms with E-state index in [-0.39, 0.29) is 7.43 Å². The van der Waals surface area contributed by atoms with Crippen LogP contribution in [0.15, 0.2) is 24.3 Å². The minimum Gasteiger partial charge on any atom is -0.0776 e. The third kappa shape index (κ3) is 4.12. The van der Waals surface area contributed by atoms with Crippen LogP contribution in [0.4, 0.5) is 0 Å². The highest BCUT2D eigenvalue weighted by atomic mass is 14.0. The van der Waals surface area contributed by atoms with Crippen molar-refractivity contribution in [1.82, 2.24) is 0 Å². The predicted molar refractivity (Wildman–Crippen MR) is 61.1 cm³/mol. The Morgan fingerprint density at radius 2 is 1.69 bits per heavy atom. The average molecular weight is 178 g/mol. The maximum atomic E-state index is 2.31. The van der Waals surface area contributed by atoms with Crippen LogP contribution in [-0.4, -0.2) is 0 Å². The molecule has 0 bridgehead atoms. The van der Waals surface area contributed by atoms with Gasteiger partial charge in [-0.3, -0.25) is 0 Å². The molecule has 0 saturated heterocycles. The molecule has 0 aliphatic carbocycles. The van der Waals surface area contributed by atoms with Gasteiger partial charge in [-0.2, -0.15) is 0 Å². The fraction of sp³-hybridized carbons (Fsp3) is 0.538. The Labute approximate surface area is 83.0 Å². The molecule has 13 heavy (non-hydrogen) atoms. The lowest BCUT2D eigenvalue weighted by Crippen LogP contribution is -1.97. The number of hydrogen-bond donors (Lipinski definition) is 0. The number of benzene rings is 1. The second-order valence-corrected chi connectivity index (χ2v) is 3.70. The van der Waals surface area contributed by atoms with Gasteiger partial charge in [-0.05, 0) is 24.8 Å². The number of hydrogen-bond acceptors (Lipinski definition) is 0. The average Bonchev–Trinajstić information content (AvgIpc) is 2.09. The smallest absolute Gasteiger partial charge is 0.0253 e. The van der Waals surface area contributed by atoms with Crippen molar-refractivity contribution in [3.63, 3.8) is 0 Å². The van der Waals surface area contributed by atoms with E-state index in [1.54, 1.807) is 0 Å². The lowest BCUT2D eigenvalue weighted by molar-refractivity contribution is 0.560. The molecule has 0 aliphatic rings. The van der Waals surface area contributed by atoms with Crippen molar-refractivity contribution in [2.75, 3.05) is 0 Å². The quantitative estimate of drug-likeness (QED) is 0.650. The summed E-state index contributed by atoms with van der Waals surface area (Å²) >= 11 is 0. The number of aryl methyl sites for hydroxylation is 1. The molecular weight excluding hydrogens is 156 g/mol. The first-order chi connectivity index (χ1) is 5.72. The Balaban J connectivity index is 0.00000144. The summed E-state index contributed by atoms with van der Waals surface area (Å²) in [6, 6.07) is 8.86. The topological polar surface area (TPSA) is 0 Å². The van der Waals surface area contributed by atoms with Gasteiger partial charge in [0.15, 0.2) is 0 Å². The van der Waals surface area contributed by atoms with Crippen LogP contribution < -0.4 is 0 Å². The van der Waals surface area contributed by atoms with Crippen molar-refractivity contribution < 1.29 is 0 Å². The summed E-state index contributed by atoms with van der Waals surface area (Å²) in [5.74, 6) is 0.813. The predicted octanol–water partition coefficient (Wildman–Crippen LogP) is 4.22. The molecule has 0 amide bonds. The highest BCUT2D eigenvalue weighted by Gasteiger charge is 1.99. The van der Waals surface area contributed by atoms with E-state index in [4.69, 9.17) is 0 Å². The molecule has 1 atom stereocenters. The molecule has 0 nitrogen and oxygen atoms in total. The van der Waals surface area contributed by atoms with Gasteiger partial charge in [0.05, 0.1) is 0 Å². The van der Waals surface area contributed by atoms with E-state index in [0.29, 0.717) is 0 Å². The fourth-order valence-electron chi connectivity index (χ4n) is 1.27. The molecule has 1 aromatic rings. The van der Waals surface area contributed by atoms with Crippen molar-refractivity contribution in [2.45, 2.75) is 41.0 Å². The molecule has 0 aromatic heterocycles. The highest BCUT2D eigenvalue weighted by Crippen LogP contribution is 2.11. The maximum absolute atomic E-state index is 2.31. The first-order valence-corrected chi connectivity index (χ1v) is 4.78. The summed E-state index contributed by atoms with van der Waals surface area (Å²) in [5, 5.41) is 0. The van der Waals surface area contributed by atoms with Crippen molar-refractivity contribution in [1.29, 1.82) is 0 Å². The summed E-state index contributed by atoms with van der Waals surface area (Å²) < 4.78 is 0. The summed E-state index contributed by atoms with van der Waals surface area (Å²) in [7, 11) is 0. The molecule has 0 heterocycles. The van der Waals surface area contributed by atoms with E-state index in [9.17, 15) is 0 Å². The van der Waals surface area contributed by atoms with Gasteiger partial charge in [0.1, 0.15) is 0 Å². The van der Waals surface area contributed by atoms with Crippen LogP contribution in [0.3, 0.4) is 0 Å². The van der Waals surface area contributed by atoms with E-state index >= 15 is 0 Å². The summed E-state index contributed by atoms with van der Waals surface area (Å²) in [5.41, 5.74) is 2.82. The van der Waals surface area contributed by atoms with Gasteiger partial charge in [-0.25, -0.2) is 0 Å². The molecule has 0 saturated carbocycles.